The van der Waals surface area contributed by atoms with Gasteiger partial charge in [-0.2, -0.15) is 0 Å². The third-order valence-electron chi connectivity index (χ3n) is 5.34. The van der Waals surface area contributed by atoms with E-state index in [1.807, 2.05) is 0 Å². The number of hydrogen-bond acceptors (Lipinski definition) is 3. The van der Waals surface area contributed by atoms with Gasteiger partial charge in [0.15, 0.2) is 5.78 Å². The Bertz CT molecular complexity index is 404. The number of unbranched alkanes of at least 4 members (excludes halogenated alkanes) is 3. The molecule has 0 aromatic heterocycles. The standard InChI is InChI=1S/C19H33ClO4/c1-16(21)19(20,14-8-3-2-5-10-17(22)23)15-9-13-18(24)11-6-4-7-12-18/h24H,2-15H2,1H3,(H,22,23). The number of rotatable bonds is 12. The fourth-order valence-electron chi connectivity index (χ4n) is 3.67. The zero-order valence-electron chi connectivity index (χ0n) is 15.0. The van der Waals surface area contributed by atoms with Crippen LogP contribution in [0.1, 0.15) is 96.8 Å². The molecule has 1 aliphatic rings. The molecule has 0 spiro atoms. The number of carbonyl (C=O) groups excluding carboxylic acids is 1. The molecule has 0 aromatic rings. The van der Waals surface area contributed by atoms with Crippen LogP contribution in [0.2, 0.25) is 0 Å². The number of alkyl halides is 1. The molecule has 0 amide bonds. The zero-order valence-corrected chi connectivity index (χ0v) is 15.7. The highest BCUT2D eigenvalue weighted by atomic mass is 35.5. The first-order valence-corrected chi connectivity index (χ1v) is 9.79. The lowest BCUT2D eigenvalue weighted by molar-refractivity contribution is -0.137. The highest BCUT2D eigenvalue weighted by molar-refractivity contribution is 6.34. The highest BCUT2D eigenvalue weighted by Crippen LogP contribution is 2.36. The molecule has 24 heavy (non-hydrogen) atoms. The minimum Gasteiger partial charge on any atom is -0.481 e. The van der Waals surface area contributed by atoms with Gasteiger partial charge in [0.05, 0.1) is 5.60 Å². The summed E-state index contributed by atoms with van der Waals surface area (Å²) in [5.74, 6) is -0.753. The SMILES string of the molecule is CC(=O)C(Cl)(CCCCCCC(=O)O)CCCC1(O)CCCCC1. The minimum absolute atomic E-state index is 0.00494. The van der Waals surface area contributed by atoms with E-state index in [1.54, 1.807) is 6.92 Å². The Hall–Kier alpha value is -0.610. The Kier molecular flexibility index (Phi) is 9.28. The lowest BCUT2D eigenvalue weighted by Gasteiger charge is -2.33. The van der Waals surface area contributed by atoms with Gasteiger partial charge in [-0.3, -0.25) is 9.59 Å². The van der Waals surface area contributed by atoms with Crippen LogP contribution in [0.3, 0.4) is 0 Å². The van der Waals surface area contributed by atoms with Crippen LogP contribution in [0, 0.1) is 0 Å². The predicted octanol–water partition coefficient (Wildman–Crippen LogP) is 4.84. The topological polar surface area (TPSA) is 74.6 Å². The van der Waals surface area contributed by atoms with Gasteiger partial charge < -0.3 is 10.2 Å². The Morgan fingerprint density at radius 1 is 1.00 bits per heavy atom. The zero-order chi connectivity index (χ0) is 18.1. The summed E-state index contributed by atoms with van der Waals surface area (Å²) >= 11 is 6.58. The first kappa shape index (κ1) is 21.4. The molecule has 1 aliphatic carbocycles. The van der Waals surface area contributed by atoms with Gasteiger partial charge in [-0.05, 0) is 51.9 Å². The first-order valence-electron chi connectivity index (χ1n) is 9.42. The van der Waals surface area contributed by atoms with Crippen molar-refractivity contribution in [1.82, 2.24) is 0 Å². The molecule has 1 unspecified atom stereocenters. The lowest BCUT2D eigenvalue weighted by Crippen LogP contribution is -2.34. The fourth-order valence-corrected chi connectivity index (χ4v) is 3.94. The second kappa shape index (κ2) is 10.4. The van der Waals surface area contributed by atoms with Gasteiger partial charge in [0, 0.05) is 6.42 Å². The van der Waals surface area contributed by atoms with Gasteiger partial charge in [0.2, 0.25) is 0 Å². The minimum atomic E-state index is -0.822. The maximum absolute atomic E-state index is 12.0. The van der Waals surface area contributed by atoms with E-state index in [9.17, 15) is 14.7 Å². The molecule has 2 N–H and O–H groups in total. The van der Waals surface area contributed by atoms with Gasteiger partial charge in [-0.15, -0.1) is 11.6 Å². The summed E-state index contributed by atoms with van der Waals surface area (Å²) in [6, 6.07) is 0. The smallest absolute Gasteiger partial charge is 0.303 e. The van der Waals surface area contributed by atoms with Crippen molar-refractivity contribution in [3.63, 3.8) is 0 Å². The number of aliphatic carboxylic acids is 1. The first-order chi connectivity index (χ1) is 11.3. The van der Waals surface area contributed by atoms with E-state index in [1.165, 1.54) is 6.42 Å². The average molecular weight is 361 g/mol. The Morgan fingerprint density at radius 2 is 1.58 bits per heavy atom. The molecule has 0 radical (unpaired) electrons. The fraction of sp³-hybridized carbons (Fsp3) is 0.895. The lowest BCUT2D eigenvalue weighted by atomic mass is 9.80. The monoisotopic (exact) mass is 360 g/mol. The third kappa shape index (κ3) is 7.98. The molecule has 0 aromatic carbocycles. The van der Waals surface area contributed by atoms with Crippen LogP contribution in [0.5, 0.6) is 0 Å². The van der Waals surface area contributed by atoms with Gasteiger partial charge in [0.1, 0.15) is 4.87 Å². The van der Waals surface area contributed by atoms with E-state index in [0.717, 1.165) is 57.8 Å². The number of carbonyl (C=O) groups is 2. The van der Waals surface area contributed by atoms with Crippen LogP contribution in [-0.2, 0) is 9.59 Å². The maximum Gasteiger partial charge on any atom is 0.303 e. The van der Waals surface area contributed by atoms with E-state index in [0.29, 0.717) is 19.3 Å². The van der Waals surface area contributed by atoms with Gasteiger partial charge >= 0.3 is 5.97 Å². The molecule has 0 heterocycles. The number of halogens is 1. The highest BCUT2D eigenvalue weighted by Gasteiger charge is 2.34. The van der Waals surface area contributed by atoms with Gasteiger partial charge in [-0.25, -0.2) is 0 Å². The number of aliphatic hydroxyl groups is 1. The third-order valence-corrected chi connectivity index (χ3v) is 5.99. The molecular formula is C19H33ClO4. The van der Waals surface area contributed by atoms with Crippen molar-refractivity contribution in [1.29, 1.82) is 0 Å². The second-order valence-corrected chi connectivity index (χ2v) is 8.19. The summed E-state index contributed by atoms with van der Waals surface area (Å²) in [6.07, 6.45) is 11.4. The predicted molar refractivity (Wildman–Crippen MR) is 96.5 cm³/mol. The van der Waals surface area contributed by atoms with Crippen molar-refractivity contribution < 1.29 is 19.8 Å². The quantitative estimate of drug-likeness (QED) is 0.385. The second-order valence-electron chi connectivity index (χ2n) is 7.47. The largest absolute Gasteiger partial charge is 0.481 e. The van der Waals surface area contributed by atoms with Crippen LogP contribution in [0.15, 0.2) is 0 Å². The summed E-state index contributed by atoms with van der Waals surface area (Å²) < 4.78 is 0. The number of ketones is 1. The Balaban J connectivity index is 2.30. The molecule has 0 saturated heterocycles. The van der Waals surface area contributed by atoms with Crippen LogP contribution >= 0.6 is 11.6 Å². The molecule has 140 valence electrons. The molecule has 0 aliphatic heterocycles. The van der Waals surface area contributed by atoms with Gasteiger partial charge in [-0.1, -0.05) is 38.5 Å². The number of hydrogen-bond donors (Lipinski definition) is 2. The summed E-state index contributed by atoms with van der Waals surface area (Å²) in [4.78, 5) is 21.6. The van der Waals surface area contributed by atoms with E-state index in [-0.39, 0.29) is 12.2 Å². The van der Waals surface area contributed by atoms with E-state index in [2.05, 4.69) is 0 Å². The van der Waals surface area contributed by atoms with E-state index < -0.39 is 16.4 Å². The molecule has 4 nitrogen and oxygen atoms in total. The number of carboxylic acids is 1. The molecule has 1 saturated carbocycles. The number of Topliss-reactive ketones (excluding diaryl/α,β-unsaturated/α-hetero) is 1. The molecule has 5 heteroatoms. The van der Waals surface area contributed by atoms with Crippen LogP contribution < -0.4 is 0 Å². The summed E-state index contributed by atoms with van der Waals surface area (Å²) in [5.41, 5.74) is -0.552. The van der Waals surface area contributed by atoms with Crippen molar-refractivity contribution >= 4 is 23.4 Å². The normalized spacial score (nSPS) is 19.6. The van der Waals surface area contributed by atoms with Crippen molar-refractivity contribution in [3.8, 4) is 0 Å². The van der Waals surface area contributed by atoms with Crippen LogP contribution in [0.25, 0.3) is 0 Å². The summed E-state index contributed by atoms with van der Waals surface area (Å²) in [5, 5.41) is 19.2. The van der Waals surface area contributed by atoms with Crippen LogP contribution in [0.4, 0.5) is 0 Å². The van der Waals surface area contributed by atoms with Crippen molar-refractivity contribution in [2.24, 2.45) is 0 Å². The van der Waals surface area contributed by atoms with E-state index in [4.69, 9.17) is 16.7 Å². The molecule has 1 rings (SSSR count). The Labute approximate surface area is 151 Å². The summed E-state index contributed by atoms with van der Waals surface area (Å²) in [6.45, 7) is 1.55. The molecule has 0 bridgehead atoms. The van der Waals surface area contributed by atoms with Crippen LogP contribution in [-0.4, -0.2) is 32.4 Å². The number of carboxylic acid groups (broad SMARTS) is 1. The van der Waals surface area contributed by atoms with Crippen molar-refractivity contribution in [2.75, 3.05) is 0 Å². The van der Waals surface area contributed by atoms with Crippen molar-refractivity contribution in [3.05, 3.63) is 0 Å². The maximum atomic E-state index is 12.0. The Morgan fingerprint density at radius 3 is 2.17 bits per heavy atom. The van der Waals surface area contributed by atoms with E-state index >= 15 is 0 Å². The molecule has 1 atom stereocenters. The van der Waals surface area contributed by atoms with Crippen molar-refractivity contribution in [2.45, 2.75) is 107 Å². The summed E-state index contributed by atoms with van der Waals surface area (Å²) in [7, 11) is 0. The van der Waals surface area contributed by atoms with Gasteiger partial charge in [0.25, 0.3) is 0 Å². The molecular weight excluding hydrogens is 328 g/mol. The average Bonchev–Trinajstić information content (AvgIpc) is 2.51. The molecule has 1 fully saturated rings.